The fraction of sp³-hybridized carbons (Fsp3) is 0.409. The lowest BCUT2D eigenvalue weighted by molar-refractivity contribution is -0.139. The molecule has 1 aromatic heterocycles. The molecule has 2 N–H and O–H groups in total. The third-order valence-electron chi connectivity index (χ3n) is 5.16. The van der Waals surface area contributed by atoms with Crippen LogP contribution in [0.2, 0.25) is 0 Å². The van der Waals surface area contributed by atoms with Crippen LogP contribution in [0.4, 0.5) is 4.79 Å². The Morgan fingerprint density at radius 3 is 2.60 bits per heavy atom. The predicted molar refractivity (Wildman–Crippen MR) is 114 cm³/mol. The average molecular weight is 412 g/mol. The molecule has 2 aromatic rings. The van der Waals surface area contributed by atoms with Crippen LogP contribution in [0, 0.1) is 13.8 Å². The van der Waals surface area contributed by atoms with Gasteiger partial charge in [0.25, 0.3) is 0 Å². The number of para-hydroxylation sites is 1. The van der Waals surface area contributed by atoms with Gasteiger partial charge in [-0.25, -0.2) is 14.3 Å². The van der Waals surface area contributed by atoms with Gasteiger partial charge >= 0.3 is 12.0 Å². The Morgan fingerprint density at radius 2 is 1.93 bits per heavy atom. The zero-order chi connectivity index (χ0) is 21.8. The molecule has 2 heterocycles. The minimum Gasteiger partial charge on any atom is -0.463 e. The lowest BCUT2D eigenvalue weighted by Gasteiger charge is -2.29. The van der Waals surface area contributed by atoms with E-state index in [-0.39, 0.29) is 12.6 Å². The molecule has 8 heteroatoms. The maximum absolute atomic E-state index is 12.4. The van der Waals surface area contributed by atoms with Crippen molar-refractivity contribution in [1.29, 1.82) is 0 Å². The zero-order valence-electron chi connectivity index (χ0n) is 18.2. The average Bonchev–Trinajstić information content (AvgIpc) is 2.96. The van der Waals surface area contributed by atoms with Crippen LogP contribution in [0.15, 0.2) is 41.6 Å². The van der Waals surface area contributed by atoms with E-state index in [4.69, 9.17) is 9.84 Å². The van der Waals surface area contributed by atoms with Crippen LogP contribution in [-0.4, -0.2) is 52.9 Å². The van der Waals surface area contributed by atoms with Gasteiger partial charge in [0.05, 0.1) is 29.6 Å². The highest BCUT2D eigenvalue weighted by molar-refractivity contribution is 5.94. The van der Waals surface area contributed by atoms with E-state index in [1.54, 1.807) is 13.8 Å². The number of hydrogen-bond donors (Lipinski definition) is 2. The second kappa shape index (κ2) is 9.13. The summed E-state index contributed by atoms with van der Waals surface area (Å²) in [6, 6.07) is 9.27. The van der Waals surface area contributed by atoms with Crippen LogP contribution in [0.5, 0.6) is 0 Å². The molecule has 0 aliphatic carbocycles. The van der Waals surface area contributed by atoms with Crippen LogP contribution in [0.25, 0.3) is 5.69 Å². The summed E-state index contributed by atoms with van der Waals surface area (Å²) < 4.78 is 7.13. The second-order valence-corrected chi connectivity index (χ2v) is 7.50. The molecule has 1 atom stereocenters. The number of carbonyl (C=O) groups is 2. The number of hydrogen-bond acceptors (Lipinski definition) is 5. The Hall–Kier alpha value is -3.13. The van der Waals surface area contributed by atoms with E-state index in [0.29, 0.717) is 24.4 Å². The number of nitrogens with one attached hydrogen (secondary N) is 2. The Labute approximate surface area is 176 Å². The number of aromatic nitrogens is 2. The molecule has 160 valence electrons. The minimum absolute atomic E-state index is 0.281. The monoisotopic (exact) mass is 411 g/mol. The Kier molecular flexibility index (Phi) is 6.56. The number of ether oxygens (including phenoxy) is 1. The zero-order valence-corrected chi connectivity index (χ0v) is 18.2. The molecule has 0 unspecified atom stereocenters. The van der Waals surface area contributed by atoms with Crippen molar-refractivity contribution in [1.82, 2.24) is 25.3 Å². The van der Waals surface area contributed by atoms with Crippen molar-refractivity contribution in [3.05, 3.63) is 58.6 Å². The van der Waals surface area contributed by atoms with Gasteiger partial charge in [-0.05, 0) is 46.9 Å². The van der Waals surface area contributed by atoms with E-state index in [1.165, 1.54) is 0 Å². The SMILES string of the molecule is CCOC(=O)C1=C(CN(C)Cc2c(C)nn(-c3ccccc3)c2C)NC(=O)N[C@@H]1C. The van der Waals surface area contributed by atoms with Gasteiger partial charge in [0.2, 0.25) is 0 Å². The molecule has 3 rings (SSSR count). The number of esters is 1. The number of likely N-dealkylation sites (N-methyl/N-ethyl adjacent to an activating group) is 1. The molecule has 0 spiro atoms. The topological polar surface area (TPSA) is 88.5 Å². The molecular weight excluding hydrogens is 382 g/mol. The first-order valence-corrected chi connectivity index (χ1v) is 10.1. The first-order valence-electron chi connectivity index (χ1n) is 10.1. The molecule has 0 fully saturated rings. The lowest BCUT2D eigenvalue weighted by atomic mass is 10.0. The molecule has 0 saturated carbocycles. The second-order valence-electron chi connectivity index (χ2n) is 7.50. The summed E-state index contributed by atoms with van der Waals surface area (Å²) >= 11 is 0. The van der Waals surface area contributed by atoms with Gasteiger partial charge in [-0.15, -0.1) is 0 Å². The number of rotatable bonds is 7. The van der Waals surface area contributed by atoms with E-state index in [1.807, 2.05) is 55.9 Å². The summed E-state index contributed by atoms with van der Waals surface area (Å²) in [5.74, 6) is -0.412. The number of benzene rings is 1. The normalized spacial score (nSPS) is 16.5. The lowest BCUT2D eigenvalue weighted by Crippen LogP contribution is -2.51. The molecule has 8 nitrogen and oxygen atoms in total. The van der Waals surface area contributed by atoms with Gasteiger partial charge in [-0.1, -0.05) is 18.2 Å². The quantitative estimate of drug-likeness (QED) is 0.683. The van der Waals surface area contributed by atoms with Crippen LogP contribution in [0.1, 0.15) is 30.8 Å². The van der Waals surface area contributed by atoms with Crippen molar-refractivity contribution in [3.8, 4) is 5.69 Å². The van der Waals surface area contributed by atoms with E-state index < -0.39 is 12.0 Å². The van der Waals surface area contributed by atoms with Crippen molar-refractivity contribution in [2.24, 2.45) is 0 Å². The van der Waals surface area contributed by atoms with Crippen LogP contribution >= 0.6 is 0 Å². The third-order valence-corrected chi connectivity index (χ3v) is 5.16. The van der Waals surface area contributed by atoms with Crippen LogP contribution in [-0.2, 0) is 16.1 Å². The van der Waals surface area contributed by atoms with E-state index in [0.717, 1.165) is 22.6 Å². The van der Waals surface area contributed by atoms with Crippen LogP contribution in [0.3, 0.4) is 0 Å². The molecule has 1 aromatic carbocycles. The van der Waals surface area contributed by atoms with E-state index in [2.05, 4.69) is 15.5 Å². The number of amides is 2. The predicted octanol–water partition coefficient (Wildman–Crippen LogP) is 2.44. The van der Waals surface area contributed by atoms with Gasteiger partial charge in [-0.3, -0.25) is 4.90 Å². The van der Waals surface area contributed by atoms with Crippen molar-refractivity contribution < 1.29 is 14.3 Å². The first kappa shape index (κ1) is 21.6. The summed E-state index contributed by atoms with van der Waals surface area (Å²) in [5, 5.41) is 10.2. The van der Waals surface area contributed by atoms with Crippen LogP contribution < -0.4 is 10.6 Å². The standard InChI is InChI=1S/C22H29N5O3/c1-6-30-21(28)20-15(3)23-22(29)24-19(20)13-26(5)12-18-14(2)25-27(16(18)4)17-10-8-7-9-11-17/h7-11,15H,6,12-13H2,1-5H3,(H2,23,24,29)/t15-/m1/s1. The molecule has 0 radical (unpaired) electrons. The molecular formula is C22H29N5O3. The maximum Gasteiger partial charge on any atom is 0.337 e. The minimum atomic E-state index is -0.412. The molecule has 0 bridgehead atoms. The fourth-order valence-electron chi connectivity index (χ4n) is 3.72. The number of urea groups is 1. The van der Waals surface area contributed by atoms with E-state index >= 15 is 0 Å². The molecule has 1 aliphatic rings. The van der Waals surface area contributed by atoms with Crippen molar-refractivity contribution in [2.75, 3.05) is 20.2 Å². The summed E-state index contributed by atoms with van der Waals surface area (Å²) in [4.78, 5) is 26.5. The Morgan fingerprint density at radius 1 is 1.23 bits per heavy atom. The highest BCUT2D eigenvalue weighted by Gasteiger charge is 2.30. The third kappa shape index (κ3) is 4.54. The Balaban J connectivity index is 1.83. The molecule has 30 heavy (non-hydrogen) atoms. The van der Waals surface area contributed by atoms with Gasteiger partial charge in [0, 0.05) is 30.0 Å². The number of aryl methyl sites for hydroxylation is 1. The number of nitrogens with zero attached hydrogens (tertiary/aromatic N) is 3. The largest absolute Gasteiger partial charge is 0.463 e. The van der Waals surface area contributed by atoms with Gasteiger partial charge < -0.3 is 15.4 Å². The number of carbonyl (C=O) groups excluding carboxylic acids is 2. The fourth-order valence-corrected chi connectivity index (χ4v) is 3.72. The van der Waals surface area contributed by atoms with Crippen molar-refractivity contribution in [3.63, 3.8) is 0 Å². The summed E-state index contributed by atoms with van der Waals surface area (Å²) in [6.45, 7) is 8.90. The van der Waals surface area contributed by atoms with E-state index in [9.17, 15) is 9.59 Å². The maximum atomic E-state index is 12.4. The highest BCUT2D eigenvalue weighted by Crippen LogP contribution is 2.21. The van der Waals surface area contributed by atoms with Crippen molar-refractivity contribution >= 4 is 12.0 Å². The Bertz CT molecular complexity index is 965. The van der Waals surface area contributed by atoms with Gasteiger partial charge in [-0.2, -0.15) is 5.10 Å². The van der Waals surface area contributed by atoms with Crippen molar-refractivity contribution in [2.45, 2.75) is 40.3 Å². The summed E-state index contributed by atoms with van der Waals surface area (Å²) in [6.07, 6.45) is 0. The first-order chi connectivity index (χ1) is 14.3. The highest BCUT2D eigenvalue weighted by atomic mass is 16.5. The molecule has 1 aliphatic heterocycles. The van der Waals surface area contributed by atoms with Gasteiger partial charge in [0.15, 0.2) is 0 Å². The van der Waals surface area contributed by atoms with Gasteiger partial charge in [0.1, 0.15) is 0 Å². The summed E-state index contributed by atoms with van der Waals surface area (Å²) in [5.41, 5.74) is 5.17. The molecule has 0 saturated heterocycles. The molecule has 2 amide bonds. The summed E-state index contributed by atoms with van der Waals surface area (Å²) in [7, 11) is 1.95. The smallest absolute Gasteiger partial charge is 0.337 e.